The predicted octanol–water partition coefficient (Wildman–Crippen LogP) is 4.97. The molecule has 0 spiro atoms. The molecule has 2 fully saturated rings. The fraction of sp³-hybridized carbons (Fsp3) is 0.424. The van der Waals surface area contributed by atoms with E-state index in [0.717, 1.165) is 67.2 Å². The van der Waals surface area contributed by atoms with Crippen LogP contribution in [0, 0.1) is 12.8 Å². The van der Waals surface area contributed by atoms with Gasteiger partial charge >= 0.3 is 0 Å². The molecule has 2 saturated heterocycles. The number of carbonyl (C=O) groups is 2. The summed E-state index contributed by atoms with van der Waals surface area (Å²) in [5, 5.41) is 3.69. The molecule has 2 unspecified atom stereocenters. The third-order valence-corrected chi connectivity index (χ3v) is 8.90. The van der Waals surface area contributed by atoms with Gasteiger partial charge in [0.2, 0.25) is 11.8 Å². The van der Waals surface area contributed by atoms with Crippen molar-refractivity contribution in [1.82, 2.24) is 14.8 Å². The smallest absolute Gasteiger partial charge is 0.236 e. The lowest BCUT2D eigenvalue weighted by atomic mass is 9.82. The molecule has 208 valence electrons. The van der Waals surface area contributed by atoms with E-state index in [-0.39, 0.29) is 23.7 Å². The second kappa shape index (κ2) is 11.4. The SMILES string of the molecule is CC(=O)N1CCC(C2C(=O)N(c3ccccc3C)Cc3ccc(NC4CCN(Cc5ccccc5)CC4)nc32)C1. The molecule has 1 aromatic heterocycles. The maximum Gasteiger partial charge on any atom is 0.236 e. The minimum absolute atomic E-state index is 0.0611. The molecule has 6 rings (SSSR count). The van der Waals surface area contributed by atoms with Gasteiger partial charge in [-0.2, -0.15) is 0 Å². The minimum atomic E-state index is -0.359. The first-order chi connectivity index (χ1) is 19.5. The summed E-state index contributed by atoms with van der Waals surface area (Å²) in [6.45, 7) is 8.57. The van der Waals surface area contributed by atoms with Crippen LogP contribution in [-0.4, -0.2) is 58.8 Å². The fourth-order valence-electron chi connectivity index (χ4n) is 6.65. The third kappa shape index (κ3) is 5.48. The zero-order chi connectivity index (χ0) is 27.6. The van der Waals surface area contributed by atoms with Gasteiger partial charge in [-0.1, -0.05) is 54.6 Å². The van der Waals surface area contributed by atoms with Crippen molar-refractivity contribution >= 4 is 23.3 Å². The Hall–Kier alpha value is -3.71. The zero-order valence-electron chi connectivity index (χ0n) is 23.6. The van der Waals surface area contributed by atoms with E-state index in [0.29, 0.717) is 25.7 Å². The van der Waals surface area contributed by atoms with Crippen LogP contribution < -0.4 is 10.2 Å². The molecule has 2 amide bonds. The number of anilines is 2. The van der Waals surface area contributed by atoms with Crippen molar-refractivity contribution in [3.8, 4) is 0 Å². The monoisotopic (exact) mass is 537 g/mol. The number of piperidine rings is 1. The lowest BCUT2D eigenvalue weighted by molar-refractivity contribution is -0.128. The van der Waals surface area contributed by atoms with Gasteiger partial charge in [-0.3, -0.25) is 14.5 Å². The van der Waals surface area contributed by atoms with Gasteiger partial charge in [0, 0.05) is 51.4 Å². The number of hydrogen-bond donors (Lipinski definition) is 1. The Balaban J connectivity index is 1.21. The van der Waals surface area contributed by atoms with E-state index in [1.54, 1.807) is 6.92 Å². The van der Waals surface area contributed by atoms with Crippen molar-refractivity contribution in [2.45, 2.75) is 58.2 Å². The maximum atomic E-state index is 14.1. The first-order valence-corrected chi connectivity index (χ1v) is 14.6. The molecule has 0 saturated carbocycles. The molecule has 0 aliphatic carbocycles. The lowest BCUT2D eigenvalue weighted by Crippen LogP contribution is -2.44. The van der Waals surface area contributed by atoms with Gasteiger partial charge in [-0.15, -0.1) is 0 Å². The number of aromatic nitrogens is 1. The fourth-order valence-corrected chi connectivity index (χ4v) is 6.65. The summed E-state index contributed by atoms with van der Waals surface area (Å²) < 4.78 is 0. The average Bonchev–Trinajstić information content (AvgIpc) is 3.45. The van der Waals surface area contributed by atoms with Gasteiger partial charge in [0.1, 0.15) is 5.82 Å². The summed E-state index contributed by atoms with van der Waals surface area (Å²) in [4.78, 5) is 37.7. The van der Waals surface area contributed by atoms with Crippen LogP contribution in [0.15, 0.2) is 66.7 Å². The number of pyridine rings is 1. The molecule has 0 radical (unpaired) electrons. The molecule has 1 N–H and O–H groups in total. The normalized spacial score (nSPS) is 21.9. The number of nitrogens with zero attached hydrogens (tertiary/aromatic N) is 4. The molecule has 3 aliphatic heterocycles. The zero-order valence-corrected chi connectivity index (χ0v) is 23.6. The molecule has 0 bridgehead atoms. The Morgan fingerprint density at radius 3 is 2.42 bits per heavy atom. The van der Waals surface area contributed by atoms with Crippen LogP contribution in [0.2, 0.25) is 0 Å². The van der Waals surface area contributed by atoms with Crippen LogP contribution >= 0.6 is 0 Å². The average molecular weight is 538 g/mol. The number of hydrogen-bond acceptors (Lipinski definition) is 5. The first kappa shape index (κ1) is 26.5. The van der Waals surface area contributed by atoms with Crippen molar-refractivity contribution in [2.24, 2.45) is 5.92 Å². The number of benzene rings is 2. The van der Waals surface area contributed by atoms with E-state index in [4.69, 9.17) is 4.98 Å². The predicted molar refractivity (Wildman–Crippen MR) is 158 cm³/mol. The number of fused-ring (bicyclic) bond motifs is 1. The molecule has 3 aromatic rings. The Kier molecular flexibility index (Phi) is 7.57. The molecule has 2 aromatic carbocycles. The Bertz CT molecular complexity index is 1370. The highest BCUT2D eigenvalue weighted by Crippen LogP contribution is 2.41. The number of nitrogens with one attached hydrogen (secondary N) is 1. The molecular weight excluding hydrogens is 498 g/mol. The van der Waals surface area contributed by atoms with Crippen molar-refractivity contribution in [3.05, 3.63) is 89.1 Å². The number of para-hydroxylation sites is 1. The van der Waals surface area contributed by atoms with Gasteiger partial charge in [0.05, 0.1) is 18.2 Å². The topological polar surface area (TPSA) is 68.8 Å². The molecule has 3 aliphatic rings. The standard InChI is InChI=1S/C33H39N5O2/c1-23-8-6-7-11-29(23)38-22-27-12-13-30(34-28-15-17-36(18-16-28)20-25-9-4-3-5-10-25)35-32(27)31(33(38)40)26-14-19-37(21-26)24(2)39/h3-13,26,28,31H,14-22H2,1-2H3,(H,34,35). The summed E-state index contributed by atoms with van der Waals surface area (Å²) in [7, 11) is 0. The lowest BCUT2D eigenvalue weighted by Gasteiger charge is -2.37. The summed E-state index contributed by atoms with van der Waals surface area (Å²) >= 11 is 0. The summed E-state index contributed by atoms with van der Waals surface area (Å²) in [6.07, 6.45) is 2.94. The van der Waals surface area contributed by atoms with Gasteiger partial charge < -0.3 is 15.1 Å². The Morgan fingerprint density at radius 2 is 1.70 bits per heavy atom. The summed E-state index contributed by atoms with van der Waals surface area (Å²) in [6, 6.07) is 23.3. The quantitative estimate of drug-likeness (QED) is 0.481. The summed E-state index contributed by atoms with van der Waals surface area (Å²) in [5.74, 6) is 0.719. The van der Waals surface area contributed by atoms with Gasteiger partial charge in [-0.05, 0) is 60.9 Å². The van der Waals surface area contributed by atoms with Crippen LogP contribution in [-0.2, 0) is 22.7 Å². The number of aryl methyl sites for hydroxylation is 1. The highest BCUT2D eigenvalue weighted by atomic mass is 16.2. The van der Waals surface area contributed by atoms with Crippen molar-refractivity contribution in [2.75, 3.05) is 36.4 Å². The van der Waals surface area contributed by atoms with E-state index in [9.17, 15) is 9.59 Å². The van der Waals surface area contributed by atoms with E-state index < -0.39 is 0 Å². The van der Waals surface area contributed by atoms with E-state index in [2.05, 4.69) is 65.7 Å². The highest BCUT2D eigenvalue weighted by molar-refractivity contribution is 6.00. The largest absolute Gasteiger partial charge is 0.367 e. The van der Waals surface area contributed by atoms with Crippen LogP contribution in [0.1, 0.15) is 54.5 Å². The van der Waals surface area contributed by atoms with E-state index in [1.807, 2.05) is 28.0 Å². The highest BCUT2D eigenvalue weighted by Gasteiger charge is 2.43. The second-order valence-electron chi connectivity index (χ2n) is 11.6. The number of amides is 2. The van der Waals surface area contributed by atoms with Crippen LogP contribution in [0.3, 0.4) is 0 Å². The molecule has 2 atom stereocenters. The number of carbonyl (C=O) groups excluding carboxylic acids is 2. The Morgan fingerprint density at radius 1 is 0.950 bits per heavy atom. The van der Waals surface area contributed by atoms with E-state index >= 15 is 0 Å². The third-order valence-electron chi connectivity index (χ3n) is 8.90. The van der Waals surface area contributed by atoms with Gasteiger partial charge in [-0.25, -0.2) is 4.98 Å². The second-order valence-corrected chi connectivity index (χ2v) is 11.6. The summed E-state index contributed by atoms with van der Waals surface area (Å²) in [5.41, 5.74) is 5.37. The maximum absolute atomic E-state index is 14.1. The number of rotatable bonds is 6. The molecular formula is C33H39N5O2. The first-order valence-electron chi connectivity index (χ1n) is 14.6. The molecule has 7 nitrogen and oxygen atoms in total. The van der Waals surface area contributed by atoms with E-state index in [1.165, 1.54) is 5.56 Å². The van der Waals surface area contributed by atoms with Crippen molar-refractivity contribution in [1.29, 1.82) is 0 Å². The molecule has 40 heavy (non-hydrogen) atoms. The van der Waals surface area contributed by atoms with Crippen molar-refractivity contribution in [3.63, 3.8) is 0 Å². The van der Waals surface area contributed by atoms with Gasteiger partial charge in [0.25, 0.3) is 0 Å². The Labute approximate surface area is 237 Å². The van der Waals surface area contributed by atoms with Crippen LogP contribution in [0.25, 0.3) is 0 Å². The molecule has 7 heteroatoms. The minimum Gasteiger partial charge on any atom is -0.367 e. The van der Waals surface area contributed by atoms with Crippen molar-refractivity contribution < 1.29 is 9.59 Å². The van der Waals surface area contributed by atoms with Crippen LogP contribution in [0.4, 0.5) is 11.5 Å². The van der Waals surface area contributed by atoms with Crippen LogP contribution in [0.5, 0.6) is 0 Å². The molecule has 4 heterocycles. The number of likely N-dealkylation sites (tertiary alicyclic amines) is 2. The van der Waals surface area contributed by atoms with Gasteiger partial charge in [0.15, 0.2) is 0 Å².